The van der Waals surface area contributed by atoms with Gasteiger partial charge in [0.25, 0.3) is 0 Å². The van der Waals surface area contributed by atoms with Gasteiger partial charge in [0.05, 0.1) is 6.04 Å². The van der Waals surface area contributed by atoms with E-state index < -0.39 is 0 Å². The second kappa shape index (κ2) is 4.24. The Labute approximate surface area is 96.7 Å². The summed E-state index contributed by atoms with van der Waals surface area (Å²) in [5, 5.41) is 12.6. The Morgan fingerprint density at radius 2 is 2.25 bits per heavy atom. The van der Waals surface area contributed by atoms with Crippen molar-refractivity contribution in [2.45, 2.75) is 44.2 Å². The molecule has 4 heteroatoms. The van der Waals surface area contributed by atoms with Gasteiger partial charge in [-0.1, -0.05) is 12.8 Å². The number of guanidine groups is 1. The van der Waals surface area contributed by atoms with Gasteiger partial charge in [-0.25, -0.2) is 0 Å². The highest BCUT2D eigenvalue weighted by molar-refractivity contribution is 5.83. The van der Waals surface area contributed by atoms with Crippen molar-refractivity contribution in [2.75, 3.05) is 19.7 Å². The van der Waals surface area contributed by atoms with Crippen molar-refractivity contribution in [3.05, 3.63) is 0 Å². The lowest BCUT2D eigenvalue weighted by molar-refractivity contribution is 0.191. The third kappa shape index (κ3) is 1.69. The molecule has 1 saturated carbocycles. The zero-order valence-electron chi connectivity index (χ0n) is 9.73. The maximum Gasteiger partial charge on any atom is 0.194 e. The normalized spacial score (nSPS) is 37.4. The Morgan fingerprint density at radius 3 is 3.12 bits per heavy atom. The van der Waals surface area contributed by atoms with E-state index in [1.54, 1.807) is 0 Å². The third-order valence-electron chi connectivity index (χ3n) is 4.21. The first kappa shape index (κ1) is 10.4. The number of aliphatic hydroxyl groups is 1. The largest absolute Gasteiger partial charge is 0.396 e. The number of rotatable bonds is 2. The van der Waals surface area contributed by atoms with Crippen LogP contribution in [0.3, 0.4) is 0 Å². The van der Waals surface area contributed by atoms with Gasteiger partial charge < -0.3 is 15.3 Å². The quantitative estimate of drug-likeness (QED) is 0.719. The van der Waals surface area contributed by atoms with E-state index in [-0.39, 0.29) is 0 Å². The Morgan fingerprint density at radius 1 is 1.38 bits per heavy atom. The molecule has 2 fully saturated rings. The molecule has 0 aromatic rings. The summed E-state index contributed by atoms with van der Waals surface area (Å²) in [6.45, 7) is 2.28. The maximum atomic E-state index is 9.01. The van der Waals surface area contributed by atoms with Crippen molar-refractivity contribution < 1.29 is 5.11 Å². The highest BCUT2D eigenvalue weighted by Crippen LogP contribution is 2.30. The molecule has 1 saturated heterocycles. The van der Waals surface area contributed by atoms with Gasteiger partial charge in [0.15, 0.2) is 5.96 Å². The van der Waals surface area contributed by atoms with Crippen molar-refractivity contribution >= 4 is 5.96 Å². The van der Waals surface area contributed by atoms with E-state index in [4.69, 9.17) is 5.11 Å². The van der Waals surface area contributed by atoms with Gasteiger partial charge in [-0.15, -0.1) is 0 Å². The molecule has 2 aliphatic heterocycles. The average Bonchev–Trinajstić information content (AvgIpc) is 2.68. The molecule has 0 amide bonds. The van der Waals surface area contributed by atoms with Crippen LogP contribution in [0.1, 0.15) is 32.1 Å². The van der Waals surface area contributed by atoms with Crippen molar-refractivity contribution in [2.24, 2.45) is 10.9 Å². The first-order valence-electron chi connectivity index (χ1n) is 6.57. The van der Waals surface area contributed by atoms with Gasteiger partial charge >= 0.3 is 0 Å². The number of aliphatic hydroxyl groups excluding tert-OH is 1. The van der Waals surface area contributed by atoms with E-state index >= 15 is 0 Å². The molecule has 4 nitrogen and oxygen atoms in total. The van der Waals surface area contributed by atoms with E-state index in [0.717, 1.165) is 25.5 Å². The van der Waals surface area contributed by atoms with Crippen molar-refractivity contribution in [3.8, 4) is 0 Å². The van der Waals surface area contributed by atoms with Crippen LogP contribution in [-0.2, 0) is 0 Å². The van der Waals surface area contributed by atoms with Crippen LogP contribution < -0.4 is 5.32 Å². The number of fused-ring (bicyclic) bond motifs is 3. The van der Waals surface area contributed by atoms with E-state index in [1.165, 1.54) is 25.7 Å². The minimum atomic E-state index is 0.297. The molecule has 3 aliphatic rings. The lowest BCUT2D eigenvalue weighted by Gasteiger charge is -2.35. The van der Waals surface area contributed by atoms with Crippen LogP contribution in [0.2, 0.25) is 0 Å². The SMILES string of the molecule is OCCC1CN=C2NC3CCCCC3N2C1. The van der Waals surface area contributed by atoms with Crippen LogP contribution in [0.4, 0.5) is 0 Å². The highest BCUT2D eigenvalue weighted by Gasteiger charge is 2.41. The van der Waals surface area contributed by atoms with Crippen LogP contribution in [0, 0.1) is 5.92 Å². The third-order valence-corrected chi connectivity index (χ3v) is 4.21. The van der Waals surface area contributed by atoms with Gasteiger partial charge in [-0.05, 0) is 25.2 Å². The molecule has 0 aromatic carbocycles. The van der Waals surface area contributed by atoms with Gasteiger partial charge in [0.1, 0.15) is 0 Å². The smallest absolute Gasteiger partial charge is 0.194 e. The van der Waals surface area contributed by atoms with Crippen LogP contribution in [-0.4, -0.2) is 47.7 Å². The molecule has 0 aromatic heterocycles. The minimum absolute atomic E-state index is 0.297. The standard InChI is InChI=1S/C12H21N3O/c16-6-5-9-7-13-12-14-10-3-1-2-4-11(10)15(12)8-9/h9-11,16H,1-8H2,(H,13,14). The molecule has 3 atom stereocenters. The Balaban J connectivity index is 1.72. The van der Waals surface area contributed by atoms with E-state index in [0.29, 0.717) is 24.6 Å². The highest BCUT2D eigenvalue weighted by atomic mass is 16.3. The van der Waals surface area contributed by atoms with Crippen LogP contribution in [0.15, 0.2) is 4.99 Å². The zero-order valence-corrected chi connectivity index (χ0v) is 9.73. The summed E-state index contributed by atoms with van der Waals surface area (Å²) >= 11 is 0. The fourth-order valence-corrected chi connectivity index (χ4v) is 3.33. The van der Waals surface area contributed by atoms with Gasteiger partial charge in [0, 0.05) is 25.7 Å². The van der Waals surface area contributed by atoms with Crippen LogP contribution in [0.25, 0.3) is 0 Å². The molecule has 90 valence electrons. The number of hydrogen-bond acceptors (Lipinski definition) is 4. The average molecular weight is 223 g/mol. The Bertz CT molecular complexity index is 292. The number of hydrogen-bond donors (Lipinski definition) is 2. The monoisotopic (exact) mass is 223 g/mol. The fraction of sp³-hybridized carbons (Fsp3) is 0.917. The van der Waals surface area contributed by atoms with Gasteiger partial charge in [0.2, 0.25) is 0 Å². The van der Waals surface area contributed by atoms with Crippen molar-refractivity contribution in [1.82, 2.24) is 10.2 Å². The molecule has 16 heavy (non-hydrogen) atoms. The molecule has 1 aliphatic carbocycles. The molecular weight excluding hydrogens is 202 g/mol. The number of nitrogens with zero attached hydrogens (tertiary/aromatic N) is 2. The number of aliphatic imine (C=N–C) groups is 1. The summed E-state index contributed by atoms with van der Waals surface area (Å²) in [6, 6.07) is 1.31. The van der Waals surface area contributed by atoms with Gasteiger partial charge in [-0.2, -0.15) is 0 Å². The maximum absolute atomic E-state index is 9.01. The van der Waals surface area contributed by atoms with E-state index in [1.807, 2.05) is 0 Å². The summed E-state index contributed by atoms with van der Waals surface area (Å²) in [5.41, 5.74) is 0. The van der Waals surface area contributed by atoms with Crippen LogP contribution >= 0.6 is 0 Å². The van der Waals surface area contributed by atoms with Gasteiger partial charge in [-0.3, -0.25) is 4.99 Å². The predicted molar refractivity (Wildman–Crippen MR) is 63.4 cm³/mol. The van der Waals surface area contributed by atoms with Crippen molar-refractivity contribution in [1.29, 1.82) is 0 Å². The lowest BCUT2D eigenvalue weighted by Crippen LogP contribution is -2.44. The number of nitrogens with one attached hydrogen (secondary N) is 1. The first-order chi connectivity index (χ1) is 7.88. The van der Waals surface area contributed by atoms with Crippen LogP contribution in [0.5, 0.6) is 0 Å². The second-order valence-electron chi connectivity index (χ2n) is 5.30. The molecule has 2 N–H and O–H groups in total. The molecular formula is C12H21N3O. The molecule has 3 rings (SSSR count). The lowest BCUT2D eigenvalue weighted by atomic mass is 9.90. The van der Waals surface area contributed by atoms with E-state index in [9.17, 15) is 0 Å². The van der Waals surface area contributed by atoms with Crippen molar-refractivity contribution in [3.63, 3.8) is 0 Å². The van der Waals surface area contributed by atoms with E-state index in [2.05, 4.69) is 15.2 Å². The Kier molecular flexibility index (Phi) is 2.75. The Hall–Kier alpha value is -0.770. The molecule has 0 spiro atoms. The molecule has 0 radical (unpaired) electrons. The molecule has 2 heterocycles. The minimum Gasteiger partial charge on any atom is -0.396 e. The zero-order chi connectivity index (χ0) is 11.0. The predicted octanol–water partition coefficient (Wildman–Crippen LogP) is 0.571. The first-order valence-corrected chi connectivity index (χ1v) is 6.57. The summed E-state index contributed by atoms with van der Waals surface area (Å²) in [5.74, 6) is 1.68. The molecule has 0 bridgehead atoms. The topological polar surface area (TPSA) is 47.9 Å². The summed E-state index contributed by atoms with van der Waals surface area (Å²) in [6.07, 6.45) is 6.21. The second-order valence-corrected chi connectivity index (χ2v) is 5.30. The summed E-state index contributed by atoms with van der Waals surface area (Å²) in [7, 11) is 0. The fourth-order valence-electron chi connectivity index (χ4n) is 3.33. The molecule has 3 unspecified atom stereocenters. The summed E-state index contributed by atoms with van der Waals surface area (Å²) < 4.78 is 0. The summed E-state index contributed by atoms with van der Waals surface area (Å²) in [4.78, 5) is 7.10.